The second-order valence-electron chi connectivity index (χ2n) is 3.63. The van der Waals surface area contributed by atoms with E-state index in [0.29, 0.717) is 6.42 Å². The van der Waals surface area contributed by atoms with Crippen LogP contribution in [-0.4, -0.2) is 47.8 Å². The number of carbonyl (C=O) groups excluding carboxylic acids is 3. The number of rotatable bonds is 5. The second kappa shape index (κ2) is 5.34. The first-order chi connectivity index (χ1) is 7.51. The van der Waals surface area contributed by atoms with Crippen molar-refractivity contribution < 1.29 is 19.1 Å². The molecule has 0 bridgehead atoms. The van der Waals surface area contributed by atoms with Crippen molar-refractivity contribution in [2.75, 3.05) is 19.9 Å². The van der Waals surface area contributed by atoms with Gasteiger partial charge in [-0.1, -0.05) is 0 Å². The highest BCUT2D eigenvalue weighted by molar-refractivity contribution is 7.99. The molecule has 16 heavy (non-hydrogen) atoms. The van der Waals surface area contributed by atoms with Crippen LogP contribution in [-0.2, 0) is 19.1 Å². The van der Waals surface area contributed by atoms with Crippen molar-refractivity contribution in [3.8, 4) is 0 Å². The third-order valence-electron chi connectivity index (χ3n) is 2.65. The number of amides is 1. The molecule has 90 valence electrons. The van der Waals surface area contributed by atoms with Gasteiger partial charge in [-0.15, -0.1) is 11.8 Å². The number of carbonyl (C=O) groups is 3. The molecule has 1 saturated heterocycles. The number of ketones is 1. The van der Waals surface area contributed by atoms with Gasteiger partial charge in [-0.3, -0.25) is 14.4 Å². The Hall–Kier alpha value is -1.04. The standard InChI is InChI=1S/C10H15NO4S/c1-6(10(14)15-2)7(12)5-11-8(13)4-9(11)16-3/h6,9H,4-5H2,1-3H3. The van der Waals surface area contributed by atoms with Crippen LogP contribution < -0.4 is 0 Å². The normalized spacial score (nSPS) is 21.3. The Morgan fingerprint density at radius 3 is 2.69 bits per heavy atom. The van der Waals surface area contributed by atoms with Gasteiger partial charge in [0.1, 0.15) is 5.92 Å². The number of Topliss-reactive ketones (excluding diaryl/α,β-unsaturated/α-hetero) is 1. The summed E-state index contributed by atoms with van der Waals surface area (Å²) in [7, 11) is 1.24. The Kier molecular flexibility index (Phi) is 4.35. The molecule has 2 atom stereocenters. The van der Waals surface area contributed by atoms with E-state index in [1.54, 1.807) is 0 Å². The van der Waals surface area contributed by atoms with Gasteiger partial charge in [0.25, 0.3) is 0 Å². The third kappa shape index (κ3) is 2.55. The van der Waals surface area contributed by atoms with Crippen LogP contribution in [0.4, 0.5) is 0 Å². The van der Waals surface area contributed by atoms with Crippen LogP contribution >= 0.6 is 11.8 Å². The molecule has 0 aliphatic carbocycles. The lowest BCUT2D eigenvalue weighted by Gasteiger charge is -2.39. The Labute approximate surface area is 98.5 Å². The molecule has 1 fully saturated rings. The van der Waals surface area contributed by atoms with Gasteiger partial charge in [0.2, 0.25) is 5.91 Å². The molecule has 1 amide bonds. The SMILES string of the molecule is COC(=O)C(C)C(=O)CN1C(=O)CC1SC. The van der Waals surface area contributed by atoms with Crippen LogP contribution in [0.2, 0.25) is 0 Å². The number of thioether (sulfide) groups is 1. The third-order valence-corrected chi connectivity index (χ3v) is 3.62. The number of β-lactam (4-membered cyclic amide) rings is 1. The lowest BCUT2D eigenvalue weighted by molar-refractivity contribution is -0.152. The molecule has 0 saturated carbocycles. The summed E-state index contributed by atoms with van der Waals surface area (Å²) in [6, 6.07) is 0. The number of likely N-dealkylation sites (tertiary alicyclic amines) is 1. The number of methoxy groups -OCH3 is 1. The molecule has 0 N–H and O–H groups in total. The second-order valence-corrected chi connectivity index (χ2v) is 4.64. The van der Waals surface area contributed by atoms with E-state index in [2.05, 4.69) is 4.74 Å². The van der Waals surface area contributed by atoms with Crippen molar-refractivity contribution in [1.82, 2.24) is 4.90 Å². The van der Waals surface area contributed by atoms with Crippen molar-refractivity contribution in [2.45, 2.75) is 18.7 Å². The number of hydrogen-bond donors (Lipinski definition) is 0. The van der Waals surface area contributed by atoms with E-state index in [1.807, 2.05) is 6.26 Å². The maximum atomic E-state index is 11.6. The van der Waals surface area contributed by atoms with Crippen molar-refractivity contribution in [2.24, 2.45) is 5.92 Å². The summed E-state index contributed by atoms with van der Waals surface area (Å²) < 4.78 is 4.48. The van der Waals surface area contributed by atoms with E-state index in [4.69, 9.17) is 0 Å². The molecule has 6 heteroatoms. The number of ether oxygens (including phenoxy) is 1. The van der Waals surface area contributed by atoms with E-state index < -0.39 is 11.9 Å². The van der Waals surface area contributed by atoms with Crippen molar-refractivity contribution in [3.63, 3.8) is 0 Å². The highest BCUT2D eigenvalue weighted by Gasteiger charge is 2.38. The van der Waals surface area contributed by atoms with Gasteiger partial charge < -0.3 is 9.64 Å². The highest BCUT2D eigenvalue weighted by Crippen LogP contribution is 2.27. The van der Waals surface area contributed by atoms with E-state index in [-0.39, 0.29) is 23.6 Å². The number of nitrogens with zero attached hydrogens (tertiary/aromatic N) is 1. The van der Waals surface area contributed by atoms with Crippen LogP contribution in [0.3, 0.4) is 0 Å². The number of hydrogen-bond acceptors (Lipinski definition) is 5. The molecule has 5 nitrogen and oxygen atoms in total. The van der Waals surface area contributed by atoms with Crippen molar-refractivity contribution in [1.29, 1.82) is 0 Å². The van der Waals surface area contributed by atoms with Crippen LogP contribution in [0.1, 0.15) is 13.3 Å². The van der Waals surface area contributed by atoms with Gasteiger partial charge in [0.05, 0.1) is 25.4 Å². The van der Waals surface area contributed by atoms with E-state index in [1.165, 1.54) is 30.7 Å². The van der Waals surface area contributed by atoms with Gasteiger partial charge >= 0.3 is 5.97 Å². The lowest BCUT2D eigenvalue weighted by Crippen LogP contribution is -2.53. The number of esters is 1. The minimum absolute atomic E-state index is 0.000602. The van der Waals surface area contributed by atoms with Crippen LogP contribution in [0.15, 0.2) is 0 Å². The summed E-state index contributed by atoms with van der Waals surface area (Å²) in [6.07, 6.45) is 2.36. The maximum absolute atomic E-state index is 11.6. The quantitative estimate of drug-likeness (QED) is 0.395. The molecule has 2 unspecified atom stereocenters. The monoisotopic (exact) mass is 245 g/mol. The first kappa shape index (κ1) is 13.0. The maximum Gasteiger partial charge on any atom is 0.315 e. The Bertz CT molecular complexity index is 318. The van der Waals surface area contributed by atoms with Gasteiger partial charge in [-0.25, -0.2) is 0 Å². The molecular formula is C10H15NO4S. The fourth-order valence-electron chi connectivity index (χ4n) is 1.44. The summed E-state index contributed by atoms with van der Waals surface area (Å²) in [4.78, 5) is 35.5. The molecule has 0 aromatic rings. The molecule has 0 aromatic carbocycles. The highest BCUT2D eigenvalue weighted by atomic mass is 32.2. The van der Waals surface area contributed by atoms with E-state index in [9.17, 15) is 14.4 Å². The van der Waals surface area contributed by atoms with Gasteiger partial charge in [0, 0.05) is 0 Å². The van der Waals surface area contributed by atoms with Crippen molar-refractivity contribution in [3.05, 3.63) is 0 Å². The first-order valence-corrected chi connectivity index (χ1v) is 6.22. The molecule has 0 radical (unpaired) electrons. The zero-order chi connectivity index (χ0) is 12.3. The van der Waals surface area contributed by atoms with Crippen LogP contribution in [0, 0.1) is 5.92 Å². The van der Waals surface area contributed by atoms with Crippen LogP contribution in [0.25, 0.3) is 0 Å². The fourth-order valence-corrected chi connectivity index (χ4v) is 2.19. The smallest absolute Gasteiger partial charge is 0.315 e. The molecule has 1 aliphatic heterocycles. The molecule has 1 heterocycles. The average Bonchev–Trinajstić information content (AvgIpc) is 2.30. The zero-order valence-electron chi connectivity index (χ0n) is 9.56. The first-order valence-electron chi connectivity index (χ1n) is 4.94. The zero-order valence-corrected chi connectivity index (χ0v) is 10.4. The minimum atomic E-state index is -0.805. The molecule has 1 aliphatic rings. The Morgan fingerprint density at radius 1 is 1.62 bits per heavy atom. The average molecular weight is 245 g/mol. The summed E-state index contributed by atoms with van der Waals surface area (Å²) >= 11 is 1.53. The molecule has 0 spiro atoms. The van der Waals surface area contributed by atoms with E-state index >= 15 is 0 Å². The summed E-state index contributed by atoms with van der Waals surface area (Å²) in [5.74, 6) is -1.68. The minimum Gasteiger partial charge on any atom is -0.468 e. The lowest BCUT2D eigenvalue weighted by atomic mass is 10.0. The Balaban J connectivity index is 2.51. The van der Waals surface area contributed by atoms with Gasteiger partial charge in [0.15, 0.2) is 5.78 Å². The predicted molar refractivity (Wildman–Crippen MR) is 59.8 cm³/mol. The van der Waals surface area contributed by atoms with Crippen molar-refractivity contribution >= 4 is 29.4 Å². The predicted octanol–water partition coefficient (Wildman–Crippen LogP) is 0.286. The van der Waals surface area contributed by atoms with Gasteiger partial charge in [-0.2, -0.15) is 0 Å². The molecule has 0 aromatic heterocycles. The topological polar surface area (TPSA) is 63.7 Å². The molecule has 1 rings (SSSR count). The summed E-state index contributed by atoms with van der Waals surface area (Å²) in [6.45, 7) is 1.49. The summed E-state index contributed by atoms with van der Waals surface area (Å²) in [5, 5.41) is 0.0706. The Morgan fingerprint density at radius 2 is 2.25 bits per heavy atom. The summed E-state index contributed by atoms with van der Waals surface area (Å²) in [5.41, 5.74) is 0. The molecular weight excluding hydrogens is 230 g/mol. The van der Waals surface area contributed by atoms with Gasteiger partial charge in [-0.05, 0) is 13.2 Å². The van der Waals surface area contributed by atoms with Crippen LogP contribution in [0.5, 0.6) is 0 Å². The van der Waals surface area contributed by atoms with E-state index in [0.717, 1.165) is 0 Å². The fraction of sp³-hybridized carbons (Fsp3) is 0.700. The largest absolute Gasteiger partial charge is 0.468 e.